The number of hydrogen-bond donors (Lipinski definition) is 1. The Morgan fingerprint density at radius 3 is 2.72 bits per heavy atom. The van der Waals surface area contributed by atoms with Crippen molar-refractivity contribution in [1.82, 2.24) is 10.2 Å². The van der Waals surface area contributed by atoms with Crippen LogP contribution in [0.15, 0.2) is 18.2 Å². The van der Waals surface area contributed by atoms with Crippen molar-refractivity contribution < 1.29 is 13.6 Å². The molecule has 0 aliphatic rings. The standard InChI is InChI=1S/C13H18F2N2O/c1-16-6-3-7-17(2)9-13(18)11-5-4-10(14)8-12(11)15/h4-5,8,16H,3,6-7,9H2,1-2H3. The molecule has 0 aromatic heterocycles. The van der Waals surface area contributed by atoms with Gasteiger partial charge < -0.3 is 5.32 Å². The van der Waals surface area contributed by atoms with Gasteiger partial charge in [-0.2, -0.15) is 0 Å². The van der Waals surface area contributed by atoms with Gasteiger partial charge in [0.05, 0.1) is 12.1 Å². The summed E-state index contributed by atoms with van der Waals surface area (Å²) in [4.78, 5) is 13.6. The Hall–Kier alpha value is -1.33. The van der Waals surface area contributed by atoms with Gasteiger partial charge in [0.15, 0.2) is 5.78 Å². The molecule has 1 aromatic rings. The molecule has 100 valence electrons. The van der Waals surface area contributed by atoms with Crippen molar-refractivity contribution >= 4 is 5.78 Å². The highest BCUT2D eigenvalue weighted by atomic mass is 19.1. The Morgan fingerprint density at radius 2 is 2.11 bits per heavy atom. The molecule has 18 heavy (non-hydrogen) atoms. The predicted molar refractivity (Wildman–Crippen MR) is 66.7 cm³/mol. The van der Waals surface area contributed by atoms with E-state index in [4.69, 9.17) is 0 Å². The monoisotopic (exact) mass is 256 g/mol. The number of Topliss-reactive ketones (excluding diaryl/α,β-unsaturated/α-hetero) is 1. The molecule has 1 N–H and O–H groups in total. The van der Waals surface area contributed by atoms with Gasteiger partial charge in [0.1, 0.15) is 11.6 Å². The van der Waals surface area contributed by atoms with E-state index in [1.165, 1.54) is 6.07 Å². The molecular weight excluding hydrogens is 238 g/mol. The van der Waals surface area contributed by atoms with Crippen LogP contribution in [0.2, 0.25) is 0 Å². The molecule has 3 nitrogen and oxygen atoms in total. The highest BCUT2D eigenvalue weighted by Gasteiger charge is 2.14. The Labute approximate surface area is 106 Å². The molecule has 1 aromatic carbocycles. The second-order valence-corrected chi connectivity index (χ2v) is 4.24. The summed E-state index contributed by atoms with van der Waals surface area (Å²) in [5, 5.41) is 3.01. The number of likely N-dealkylation sites (N-methyl/N-ethyl adjacent to an activating group) is 1. The Morgan fingerprint density at radius 1 is 1.39 bits per heavy atom. The van der Waals surface area contributed by atoms with Gasteiger partial charge >= 0.3 is 0 Å². The van der Waals surface area contributed by atoms with Crippen LogP contribution in [-0.2, 0) is 0 Å². The lowest BCUT2D eigenvalue weighted by molar-refractivity contribution is 0.0941. The SMILES string of the molecule is CNCCCN(C)CC(=O)c1ccc(F)cc1F. The third kappa shape index (κ3) is 4.50. The number of ketones is 1. The van der Waals surface area contributed by atoms with E-state index in [2.05, 4.69) is 5.32 Å². The molecule has 0 aliphatic heterocycles. The summed E-state index contributed by atoms with van der Waals surface area (Å²) in [6, 6.07) is 3.01. The summed E-state index contributed by atoms with van der Waals surface area (Å²) in [6.45, 7) is 1.74. The van der Waals surface area contributed by atoms with Crippen LogP contribution >= 0.6 is 0 Å². The van der Waals surface area contributed by atoms with Gasteiger partial charge in [-0.25, -0.2) is 8.78 Å². The largest absolute Gasteiger partial charge is 0.320 e. The Kier molecular flexibility index (Phi) is 5.88. The number of carbonyl (C=O) groups excluding carboxylic acids is 1. The van der Waals surface area contributed by atoms with E-state index in [-0.39, 0.29) is 17.9 Å². The zero-order valence-electron chi connectivity index (χ0n) is 10.7. The van der Waals surface area contributed by atoms with Gasteiger partial charge in [0.25, 0.3) is 0 Å². The molecule has 0 saturated heterocycles. The van der Waals surface area contributed by atoms with Crippen LogP contribution in [0.4, 0.5) is 8.78 Å². The number of nitrogens with one attached hydrogen (secondary N) is 1. The van der Waals surface area contributed by atoms with Crippen LogP contribution in [-0.4, -0.2) is 44.4 Å². The van der Waals surface area contributed by atoms with Gasteiger partial charge in [-0.05, 0) is 45.7 Å². The number of halogens is 2. The summed E-state index contributed by atoms with van der Waals surface area (Å²) >= 11 is 0. The minimum Gasteiger partial charge on any atom is -0.320 e. The first kappa shape index (κ1) is 14.7. The van der Waals surface area contributed by atoms with Crippen LogP contribution in [0.1, 0.15) is 16.8 Å². The number of benzene rings is 1. The van der Waals surface area contributed by atoms with Gasteiger partial charge in [0, 0.05) is 6.07 Å². The summed E-state index contributed by atoms with van der Waals surface area (Å²) in [5.41, 5.74) is -0.0585. The average molecular weight is 256 g/mol. The highest BCUT2D eigenvalue weighted by molar-refractivity contribution is 5.97. The molecule has 1 rings (SSSR count). The highest BCUT2D eigenvalue weighted by Crippen LogP contribution is 2.10. The Balaban J connectivity index is 2.54. The van der Waals surface area contributed by atoms with E-state index >= 15 is 0 Å². The smallest absolute Gasteiger partial charge is 0.179 e. The molecule has 0 heterocycles. The lowest BCUT2D eigenvalue weighted by atomic mass is 10.1. The lowest BCUT2D eigenvalue weighted by Crippen LogP contribution is -2.29. The maximum atomic E-state index is 13.4. The van der Waals surface area contributed by atoms with Gasteiger partial charge in [0.2, 0.25) is 0 Å². The minimum absolute atomic E-state index is 0.0585. The quantitative estimate of drug-likeness (QED) is 0.595. The van der Waals surface area contributed by atoms with Crippen molar-refractivity contribution in [3.05, 3.63) is 35.4 Å². The van der Waals surface area contributed by atoms with Crippen molar-refractivity contribution in [3.8, 4) is 0 Å². The number of rotatable bonds is 7. The summed E-state index contributed by atoms with van der Waals surface area (Å²) in [5.74, 6) is -1.81. The minimum atomic E-state index is -0.802. The number of nitrogens with zero attached hydrogens (tertiary/aromatic N) is 1. The first-order chi connectivity index (χ1) is 8.54. The normalized spacial score (nSPS) is 10.9. The second-order valence-electron chi connectivity index (χ2n) is 4.24. The zero-order valence-corrected chi connectivity index (χ0v) is 10.7. The zero-order chi connectivity index (χ0) is 13.5. The van der Waals surface area contributed by atoms with Crippen molar-refractivity contribution in [2.24, 2.45) is 0 Å². The third-order valence-corrected chi connectivity index (χ3v) is 2.61. The van der Waals surface area contributed by atoms with E-state index in [0.29, 0.717) is 0 Å². The topological polar surface area (TPSA) is 32.3 Å². The first-order valence-electron chi connectivity index (χ1n) is 5.86. The fourth-order valence-corrected chi connectivity index (χ4v) is 1.65. The molecular formula is C13H18F2N2O. The molecule has 0 atom stereocenters. The van der Waals surface area contributed by atoms with Crippen molar-refractivity contribution in [2.75, 3.05) is 33.7 Å². The maximum Gasteiger partial charge on any atom is 0.179 e. The van der Waals surface area contributed by atoms with Crippen LogP contribution in [0.3, 0.4) is 0 Å². The van der Waals surface area contributed by atoms with Crippen molar-refractivity contribution in [1.29, 1.82) is 0 Å². The average Bonchev–Trinajstić information content (AvgIpc) is 2.28. The molecule has 0 amide bonds. The van der Waals surface area contributed by atoms with Crippen LogP contribution in [0.25, 0.3) is 0 Å². The molecule has 0 bridgehead atoms. The molecule has 0 spiro atoms. The number of carbonyl (C=O) groups is 1. The molecule has 0 fully saturated rings. The molecule has 5 heteroatoms. The van der Waals surface area contributed by atoms with Crippen LogP contribution < -0.4 is 5.32 Å². The number of hydrogen-bond acceptors (Lipinski definition) is 3. The fourth-order valence-electron chi connectivity index (χ4n) is 1.65. The maximum absolute atomic E-state index is 13.4. The molecule has 0 saturated carbocycles. The van der Waals surface area contributed by atoms with E-state index in [0.717, 1.165) is 31.6 Å². The second kappa shape index (κ2) is 7.18. The van der Waals surface area contributed by atoms with Gasteiger partial charge in [-0.1, -0.05) is 0 Å². The summed E-state index contributed by atoms with van der Waals surface area (Å²) in [7, 11) is 3.66. The lowest BCUT2D eigenvalue weighted by Gasteiger charge is -2.15. The summed E-state index contributed by atoms with van der Waals surface area (Å²) in [6.07, 6.45) is 0.909. The molecule has 0 aliphatic carbocycles. The van der Waals surface area contributed by atoms with E-state index in [1.807, 2.05) is 11.9 Å². The molecule has 0 radical (unpaired) electrons. The predicted octanol–water partition coefficient (Wildman–Crippen LogP) is 1.69. The fraction of sp³-hybridized carbons (Fsp3) is 0.462. The van der Waals surface area contributed by atoms with Gasteiger partial charge in [-0.3, -0.25) is 9.69 Å². The Bertz CT molecular complexity index is 410. The van der Waals surface area contributed by atoms with Crippen molar-refractivity contribution in [3.63, 3.8) is 0 Å². The van der Waals surface area contributed by atoms with Crippen LogP contribution in [0, 0.1) is 11.6 Å². The van der Waals surface area contributed by atoms with Crippen LogP contribution in [0.5, 0.6) is 0 Å². The van der Waals surface area contributed by atoms with E-state index < -0.39 is 11.6 Å². The molecule has 0 unspecified atom stereocenters. The first-order valence-corrected chi connectivity index (χ1v) is 5.86. The van der Waals surface area contributed by atoms with E-state index in [1.54, 1.807) is 7.05 Å². The van der Waals surface area contributed by atoms with Gasteiger partial charge in [-0.15, -0.1) is 0 Å². The van der Waals surface area contributed by atoms with Crippen molar-refractivity contribution in [2.45, 2.75) is 6.42 Å². The third-order valence-electron chi connectivity index (χ3n) is 2.61. The summed E-state index contributed by atoms with van der Waals surface area (Å²) < 4.78 is 26.1. The van der Waals surface area contributed by atoms with E-state index in [9.17, 15) is 13.6 Å².